The summed E-state index contributed by atoms with van der Waals surface area (Å²) in [5.74, 6) is 0. The quantitative estimate of drug-likeness (QED) is 0.487. The van der Waals surface area contributed by atoms with Crippen LogP contribution in [0.1, 0.15) is 69.2 Å². The molecule has 5 heteroatoms. The molecule has 21 heavy (non-hydrogen) atoms. The monoisotopic (exact) mass is 334 g/mol. The van der Waals surface area contributed by atoms with Crippen molar-refractivity contribution in [2.75, 3.05) is 13.2 Å². The van der Waals surface area contributed by atoms with Gasteiger partial charge in [-0.15, -0.1) is 0 Å². The second-order valence-electron chi connectivity index (χ2n) is 7.03. The van der Waals surface area contributed by atoms with Gasteiger partial charge in [0.25, 0.3) is 0 Å². The average Bonchev–Trinajstić information content (AvgIpc) is 2.35. The van der Waals surface area contributed by atoms with Crippen LogP contribution in [0, 0.1) is 0 Å². The molecule has 0 aliphatic heterocycles. The molecule has 0 amide bonds. The third kappa shape index (κ3) is 4.64. The van der Waals surface area contributed by atoms with Gasteiger partial charge in [0, 0.05) is 13.2 Å². The zero-order valence-corrected chi connectivity index (χ0v) is 17.9. The van der Waals surface area contributed by atoms with Gasteiger partial charge in [0.2, 0.25) is 0 Å². The number of rotatable bonds is 10. The summed E-state index contributed by atoms with van der Waals surface area (Å²) in [6.07, 6.45) is 0. The van der Waals surface area contributed by atoms with Gasteiger partial charge in [-0.25, -0.2) is 0 Å². The molecule has 0 heterocycles. The van der Waals surface area contributed by atoms with Gasteiger partial charge >= 0.3 is 17.1 Å². The Morgan fingerprint density at radius 2 is 0.810 bits per heavy atom. The van der Waals surface area contributed by atoms with Gasteiger partial charge in [-0.1, -0.05) is 55.4 Å². The number of hydrogen-bond acceptors (Lipinski definition) is 3. The second kappa shape index (κ2) is 8.82. The molecule has 0 rings (SSSR count). The van der Waals surface area contributed by atoms with Crippen molar-refractivity contribution in [3.8, 4) is 0 Å². The van der Waals surface area contributed by atoms with Crippen LogP contribution >= 0.6 is 0 Å². The van der Waals surface area contributed by atoms with E-state index in [1.807, 2.05) is 0 Å². The Morgan fingerprint density at radius 3 is 0.952 bits per heavy atom. The number of hydrogen-bond donors (Lipinski definition) is 0. The van der Waals surface area contributed by atoms with Crippen LogP contribution in [-0.2, 0) is 13.0 Å². The molecule has 0 unspecified atom stereocenters. The molecule has 0 saturated carbocycles. The fourth-order valence-corrected chi connectivity index (χ4v) is 14.4. The highest BCUT2D eigenvalue weighted by Gasteiger charge is 2.55. The average molecular weight is 335 g/mol. The zero-order valence-electron chi connectivity index (χ0n) is 15.9. The van der Waals surface area contributed by atoms with Gasteiger partial charge in [0.05, 0.1) is 0 Å². The zero-order chi connectivity index (χ0) is 16.8. The van der Waals surface area contributed by atoms with Crippen molar-refractivity contribution in [1.82, 2.24) is 0 Å². The van der Waals surface area contributed by atoms with Gasteiger partial charge < -0.3 is 13.0 Å². The predicted molar refractivity (Wildman–Crippen MR) is 96.2 cm³/mol. The van der Waals surface area contributed by atoms with Crippen molar-refractivity contribution < 1.29 is 13.0 Å². The molecule has 3 nitrogen and oxygen atoms in total. The minimum absolute atomic E-state index is 0.419. The van der Waals surface area contributed by atoms with E-state index < -0.39 is 17.1 Å². The van der Waals surface area contributed by atoms with Crippen molar-refractivity contribution in [2.24, 2.45) is 0 Å². The first-order chi connectivity index (χ1) is 9.60. The molecule has 0 radical (unpaired) electrons. The molecule has 0 bridgehead atoms. The minimum Gasteiger partial charge on any atom is -0.414 e. The Labute approximate surface area is 135 Å². The molecule has 0 saturated heterocycles. The molecule has 0 fully saturated rings. The van der Waals surface area contributed by atoms with E-state index in [1.165, 1.54) is 0 Å². The summed E-state index contributed by atoms with van der Waals surface area (Å²) in [5, 5.41) is 0. The third-order valence-electron chi connectivity index (χ3n) is 4.28. The Hall–Kier alpha value is 0.314. The van der Waals surface area contributed by atoms with Gasteiger partial charge in [0.15, 0.2) is 0 Å². The van der Waals surface area contributed by atoms with E-state index in [0.717, 1.165) is 13.2 Å². The van der Waals surface area contributed by atoms with E-state index >= 15 is 0 Å². The third-order valence-corrected chi connectivity index (χ3v) is 14.7. The summed E-state index contributed by atoms with van der Waals surface area (Å²) in [5.41, 5.74) is 1.68. The van der Waals surface area contributed by atoms with E-state index in [2.05, 4.69) is 69.2 Å². The van der Waals surface area contributed by atoms with Crippen LogP contribution in [0.4, 0.5) is 0 Å². The summed E-state index contributed by atoms with van der Waals surface area (Å²) in [4.78, 5) is 0. The van der Waals surface area contributed by atoms with Gasteiger partial charge in [-0.2, -0.15) is 0 Å². The van der Waals surface area contributed by atoms with Crippen LogP contribution in [0.3, 0.4) is 0 Å². The standard InChI is InChI=1S/C16H38O3Si2/c1-11-17-20(13(3)4,14(5)6)19-21(15(7)8,16(9)10)18-12-2/h13-16H,11-12H2,1-10H3. The molecular weight excluding hydrogens is 296 g/mol. The smallest absolute Gasteiger partial charge is 0.334 e. The molecule has 0 spiro atoms. The van der Waals surface area contributed by atoms with Gasteiger partial charge in [-0.05, 0) is 36.0 Å². The van der Waals surface area contributed by atoms with E-state index in [1.54, 1.807) is 0 Å². The normalized spacial score (nSPS) is 14.0. The Kier molecular flexibility index (Phi) is 8.95. The van der Waals surface area contributed by atoms with Crippen molar-refractivity contribution in [3.05, 3.63) is 0 Å². The highest BCUT2D eigenvalue weighted by Crippen LogP contribution is 2.43. The van der Waals surface area contributed by atoms with Crippen molar-refractivity contribution in [1.29, 1.82) is 0 Å². The lowest BCUT2D eigenvalue weighted by Crippen LogP contribution is -2.61. The maximum absolute atomic E-state index is 6.99. The highest BCUT2D eigenvalue weighted by atomic mass is 28.5. The SMILES string of the molecule is CCO[Si](O[Si](OCC)(C(C)C)C(C)C)(C(C)C)C(C)C. The first-order valence-corrected chi connectivity index (χ1v) is 12.5. The summed E-state index contributed by atoms with van der Waals surface area (Å²) in [6, 6.07) is 0. The fraction of sp³-hybridized carbons (Fsp3) is 1.00. The molecule has 0 aliphatic carbocycles. The predicted octanol–water partition coefficient (Wildman–Crippen LogP) is 5.60. The Morgan fingerprint density at radius 1 is 0.571 bits per heavy atom. The molecule has 0 aromatic carbocycles. The van der Waals surface area contributed by atoms with Crippen LogP contribution in [0.15, 0.2) is 0 Å². The van der Waals surface area contributed by atoms with E-state index in [4.69, 9.17) is 13.0 Å². The molecule has 0 atom stereocenters. The molecule has 128 valence electrons. The summed E-state index contributed by atoms with van der Waals surface area (Å²) in [6.45, 7) is 23.5. The topological polar surface area (TPSA) is 27.7 Å². The first kappa shape index (κ1) is 21.3. The van der Waals surface area contributed by atoms with Crippen LogP contribution in [0.25, 0.3) is 0 Å². The van der Waals surface area contributed by atoms with Crippen molar-refractivity contribution in [3.63, 3.8) is 0 Å². The maximum atomic E-state index is 6.99. The Balaban J connectivity index is 5.79. The lowest BCUT2D eigenvalue weighted by Gasteiger charge is -2.47. The summed E-state index contributed by atoms with van der Waals surface area (Å²) < 4.78 is 19.6. The van der Waals surface area contributed by atoms with Crippen LogP contribution < -0.4 is 0 Å². The minimum atomic E-state index is -2.31. The van der Waals surface area contributed by atoms with Crippen molar-refractivity contribution >= 4 is 17.1 Å². The molecule has 0 aromatic heterocycles. The van der Waals surface area contributed by atoms with Crippen LogP contribution in [-0.4, -0.2) is 30.3 Å². The maximum Gasteiger partial charge on any atom is 0.334 e. The molecule has 0 aliphatic rings. The van der Waals surface area contributed by atoms with Crippen LogP contribution in [0.5, 0.6) is 0 Å². The largest absolute Gasteiger partial charge is 0.414 e. The van der Waals surface area contributed by atoms with E-state index in [0.29, 0.717) is 22.2 Å². The fourth-order valence-electron chi connectivity index (χ4n) is 3.23. The van der Waals surface area contributed by atoms with Gasteiger partial charge in [-0.3, -0.25) is 0 Å². The Bertz CT molecular complexity index is 247. The second-order valence-corrected chi connectivity index (χ2v) is 15.9. The molecular formula is C16H38O3Si2. The summed E-state index contributed by atoms with van der Waals surface area (Å²) in [7, 11) is -4.62. The van der Waals surface area contributed by atoms with E-state index in [9.17, 15) is 0 Å². The van der Waals surface area contributed by atoms with Gasteiger partial charge in [0.1, 0.15) is 0 Å². The first-order valence-electron chi connectivity index (χ1n) is 8.58. The van der Waals surface area contributed by atoms with E-state index in [-0.39, 0.29) is 0 Å². The highest BCUT2D eigenvalue weighted by molar-refractivity contribution is 6.83. The van der Waals surface area contributed by atoms with Crippen molar-refractivity contribution in [2.45, 2.75) is 91.4 Å². The lowest BCUT2D eigenvalue weighted by molar-refractivity contribution is 0.169. The summed E-state index contributed by atoms with van der Waals surface area (Å²) >= 11 is 0. The molecule has 0 aromatic rings. The van der Waals surface area contributed by atoms with Crippen LogP contribution in [0.2, 0.25) is 22.2 Å². The lowest BCUT2D eigenvalue weighted by atomic mass is 10.5. The molecule has 0 N–H and O–H groups in total.